The molecule has 7 heteroatoms. The molecule has 0 atom stereocenters. The smallest absolute Gasteiger partial charge is 0.307 e. The molecule has 0 spiro atoms. The van der Waals surface area contributed by atoms with E-state index >= 15 is 0 Å². The maximum atomic E-state index is 11.9. The number of hydrogen-bond donors (Lipinski definition) is 0. The zero-order valence-electron chi connectivity index (χ0n) is 12.1. The number of ether oxygens (including phenoxy) is 1. The molecule has 114 valence electrons. The van der Waals surface area contributed by atoms with Crippen LogP contribution >= 0.6 is 0 Å². The molecule has 0 aliphatic rings. The van der Waals surface area contributed by atoms with E-state index in [4.69, 9.17) is 4.74 Å². The van der Waals surface area contributed by atoms with Crippen LogP contribution in [-0.4, -0.2) is 41.9 Å². The molecular weight excluding hydrogens is 276 g/mol. The molecule has 0 aliphatic heterocycles. The Balaban J connectivity index is 2.48. The predicted octanol–water partition coefficient (Wildman–Crippen LogP) is 1.55. The molecule has 0 aliphatic carbocycles. The van der Waals surface area contributed by atoms with Crippen LogP contribution in [0.5, 0.6) is 0 Å². The van der Waals surface area contributed by atoms with E-state index in [0.29, 0.717) is 12.2 Å². The zero-order valence-corrected chi connectivity index (χ0v) is 12.1. The number of benzene rings is 1. The van der Waals surface area contributed by atoms with E-state index < -0.39 is 4.92 Å². The van der Waals surface area contributed by atoms with Gasteiger partial charge < -0.3 is 9.64 Å². The van der Waals surface area contributed by atoms with Crippen LogP contribution < -0.4 is 0 Å². The summed E-state index contributed by atoms with van der Waals surface area (Å²) in [7, 11) is 1.60. The van der Waals surface area contributed by atoms with Crippen molar-refractivity contribution in [2.24, 2.45) is 0 Å². The fourth-order valence-electron chi connectivity index (χ4n) is 1.66. The first-order valence-corrected chi connectivity index (χ1v) is 6.57. The Hall–Kier alpha value is -2.44. The van der Waals surface area contributed by atoms with Gasteiger partial charge in [-0.15, -0.1) is 0 Å². The molecule has 0 saturated carbocycles. The number of non-ortho nitro benzene ring substituents is 1. The van der Waals surface area contributed by atoms with Crippen LogP contribution in [0.4, 0.5) is 5.69 Å². The number of likely N-dealkylation sites (N-methyl/N-ethyl adjacent to an activating group) is 1. The number of nitro groups is 1. The lowest BCUT2D eigenvalue weighted by atomic mass is 10.1. The van der Waals surface area contributed by atoms with E-state index in [9.17, 15) is 19.7 Å². The number of hydrogen-bond acceptors (Lipinski definition) is 5. The Kier molecular flexibility index (Phi) is 6.32. The van der Waals surface area contributed by atoms with Gasteiger partial charge in [-0.25, -0.2) is 0 Å². The van der Waals surface area contributed by atoms with Crippen molar-refractivity contribution in [1.29, 1.82) is 0 Å². The average molecular weight is 294 g/mol. The molecule has 0 saturated heterocycles. The van der Waals surface area contributed by atoms with Crippen molar-refractivity contribution in [3.05, 3.63) is 39.9 Å². The number of esters is 1. The number of carbonyl (C=O) groups is 2. The van der Waals surface area contributed by atoms with E-state index in [1.54, 1.807) is 26.1 Å². The van der Waals surface area contributed by atoms with Gasteiger partial charge >= 0.3 is 5.97 Å². The Labute approximate surface area is 122 Å². The first-order valence-electron chi connectivity index (χ1n) is 6.57. The second-order valence-corrected chi connectivity index (χ2v) is 4.47. The number of nitro benzene ring substituents is 1. The third-order valence-corrected chi connectivity index (χ3v) is 2.88. The fourth-order valence-corrected chi connectivity index (χ4v) is 1.66. The van der Waals surface area contributed by atoms with Crippen LogP contribution in [0.1, 0.15) is 18.9 Å². The van der Waals surface area contributed by atoms with Crippen molar-refractivity contribution in [3.63, 3.8) is 0 Å². The highest BCUT2D eigenvalue weighted by Gasteiger charge is 2.13. The molecule has 0 N–H and O–H groups in total. The van der Waals surface area contributed by atoms with Gasteiger partial charge in [-0.3, -0.25) is 19.7 Å². The number of nitrogens with zero attached hydrogens (tertiary/aromatic N) is 2. The lowest BCUT2D eigenvalue weighted by molar-refractivity contribution is -0.384. The van der Waals surface area contributed by atoms with Crippen molar-refractivity contribution in [1.82, 2.24) is 4.90 Å². The Morgan fingerprint density at radius 3 is 2.43 bits per heavy atom. The summed E-state index contributed by atoms with van der Waals surface area (Å²) in [6, 6.07) is 5.83. The number of rotatable bonds is 7. The highest BCUT2D eigenvalue weighted by molar-refractivity contribution is 5.79. The topological polar surface area (TPSA) is 89.8 Å². The lowest BCUT2D eigenvalue weighted by Gasteiger charge is -2.16. The minimum atomic E-state index is -0.489. The molecule has 7 nitrogen and oxygen atoms in total. The average Bonchev–Trinajstić information content (AvgIpc) is 2.45. The van der Waals surface area contributed by atoms with E-state index in [1.807, 2.05) is 0 Å². The van der Waals surface area contributed by atoms with E-state index in [1.165, 1.54) is 17.0 Å². The first kappa shape index (κ1) is 16.6. The molecule has 0 unspecified atom stereocenters. The summed E-state index contributed by atoms with van der Waals surface area (Å²) >= 11 is 0. The first-order chi connectivity index (χ1) is 9.93. The van der Waals surface area contributed by atoms with Gasteiger partial charge in [0.05, 0.1) is 24.4 Å². The molecule has 1 amide bonds. The summed E-state index contributed by atoms with van der Waals surface area (Å²) in [6.45, 7) is 2.32. The highest BCUT2D eigenvalue weighted by Crippen LogP contribution is 2.12. The maximum Gasteiger partial charge on any atom is 0.307 e. The van der Waals surface area contributed by atoms with Gasteiger partial charge in [0.1, 0.15) is 0 Å². The summed E-state index contributed by atoms with van der Waals surface area (Å²) in [5.74, 6) is -0.499. The lowest BCUT2D eigenvalue weighted by Crippen LogP contribution is -2.30. The summed E-state index contributed by atoms with van der Waals surface area (Å²) in [5, 5.41) is 10.5. The van der Waals surface area contributed by atoms with Gasteiger partial charge in [-0.1, -0.05) is 12.1 Å². The van der Waals surface area contributed by atoms with Gasteiger partial charge in [0.25, 0.3) is 5.69 Å². The van der Waals surface area contributed by atoms with Crippen LogP contribution in [-0.2, 0) is 20.7 Å². The summed E-state index contributed by atoms with van der Waals surface area (Å²) in [5.41, 5.74) is 0.676. The van der Waals surface area contributed by atoms with Crippen molar-refractivity contribution >= 4 is 17.6 Å². The van der Waals surface area contributed by atoms with Crippen LogP contribution in [0.2, 0.25) is 0 Å². The van der Waals surface area contributed by atoms with Gasteiger partial charge in [0.2, 0.25) is 5.91 Å². The largest absolute Gasteiger partial charge is 0.466 e. The van der Waals surface area contributed by atoms with Crippen LogP contribution in [0, 0.1) is 10.1 Å². The molecule has 0 bridgehead atoms. The van der Waals surface area contributed by atoms with Gasteiger partial charge in [0, 0.05) is 25.7 Å². The van der Waals surface area contributed by atoms with Crippen molar-refractivity contribution in [2.45, 2.75) is 19.8 Å². The summed E-state index contributed by atoms with van der Waals surface area (Å²) < 4.78 is 4.79. The monoisotopic (exact) mass is 294 g/mol. The highest BCUT2D eigenvalue weighted by atomic mass is 16.6. The van der Waals surface area contributed by atoms with Crippen LogP contribution in [0.25, 0.3) is 0 Å². The molecule has 1 aromatic carbocycles. The van der Waals surface area contributed by atoms with Gasteiger partial charge in [-0.05, 0) is 12.5 Å². The number of carbonyl (C=O) groups excluding carboxylic acids is 2. The molecule has 0 aromatic heterocycles. The Morgan fingerprint density at radius 1 is 1.29 bits per heavy atom. The van der Waals surface area contributed by atoms with Gasteiger partial charge in [0.15, 0.2) is 0 Å². The third kappa shape index (κ3) is 5.60. The zero-order chi connectivity index (χ0) is 15.8. The normalized spacial score (nSPS) is 10.0. The van der Waals surface area contributed by atoms with Crippen LogP contribution in [0.15, 0.2) is 24.3 Å². The molecule has 21 heavy (non-hydrogen) atoms. The third-order valence-electron chi connectivity index (χ3n) is 2.88. The second-order valence-electron chi connectivity index (χ2n) is 4.47. The number of amides is 1. The Morgan fingerprint density at radius 2 is 1.90 bits per heavy atom. The quantitative estimate of drug-likeness (QED) is 0.432. The maximum absolute atomic E-state index is 11.9. The van der Waals surface area contributed by atoms with Crippen molar-refractivity contribution in [3.8, 4) is 0 Å². The van der Waals surface area contributed by atoms with E-state index in [-0.39, 0.29) is 37.0 Å². The fraction of sp³-hybridized carbons (Fsp3) is 0.429. The molecule has 0 fully saturated rings. The van der Waals surface area contributed by atoms with E-state index in [2.05, 4.69) is 0 Å². The van der Waals surface area contributed by atoms with Crippen LogP contribution in [0.3, 0.4) is 0 Å². The summed E-state index contributed by atoms with van der Waals surface area (Å²) in [4.78, 5) is 34.6. The molecule has 0 radical (unpaired) electrons. The van der Waals surface area contributed by atoms with Crippen molar-refractivity contribution in [2.75, 3.05) is 20.2 Å². The second kappa shape index (κ2) is 7.98. The molecular formula is C14H18N2O5. The SMILES string of the molecule is CCOC(=O)CCN(C)C(=O)Cc1ccc([N+](=O)[O-])cc1. The van der Waals surface area contributed by atoms with Crippen molar-refractivity contribution < 1.29 is 19.2 Å². The Bertz CT molecular complexity index is 513. The predicted molar refractivity (Wildman–Crippen MR) is 75.7 cm³/mol. The van der Waals surface area contributed by atoms with Gasteiger partial charge in [-0.2, -0.15) is 0 Å². The molecule has 1 aromatic rings. The minimum Gasteiger partial charge on any atom is -0.466 e. The molecule has 1 rings (SSSR count). The summed E-state index contributed by atoms with van der Waals surface area (Å²) in [6.07, 6.45) is 0.285. The minimum absolute atomic E-state index is 0.0122. The standard InChI is InChI=1S/C14H18N2O5/c1-3-21-14(18)8-9-15(2)13(17)10-11-4-6-12(7-5-11)16(19)20/h4-7H,3,8-10H2,1-2H3. The molecule has 0 heterocycles. The van der Waals surface area contributed by atoms with E-state index in [0.717, 1.165) is 0 Å².